The molecule has 9 aromatic carbocycles. The molecule has 0 amide bonds. The molecule has 3 aromatic heterocycles. The van der Waals surface area contributed by atoms with Crippen LogP contribution in [-0.2, 0) is 0 Å². The quantitative estimate of drug-likeness (QED) is 0.164. The summed E-state index contributed by atoms with van der Waals surface area (Å²) >= 11 is 0. The third-order valence-corrected chi connectivity index (χ3v) is 10.9. The second-order valence-electron chi connectivity index (χ2n) is 14.2. The summed E-state index contributed by atoms with van der Waals surface area (Å²) < 4.78 is 79.6. The number of benzene rings is 9. The van der Waals surface area contributed by atoms with Crippen molar-refractivity contribution in [2.24, 2.45) is 0 Å². The largest absolute Gasteiger partial charge is 0.455 e. The first kappa shape index (κ1) is 25.3. The molecule has 58 heavy (non-hydrogen) atoms. The summed E-state index contributed by atoms with van der Waals surface area (Å²) in [7, 11) is 0. The molecule has 0 saturated heterocycles. The van der Waals surface area contributed by atoms with E-state index in [1.807, 2.05) is 109 Å². The summed E-state index contributed by atoms with van der Waals surface area (Å²) in [6, 6.07) is 44.0. The van der Waals surface area contributed by atoms with E-state index in [9.17, 15) is 2.74 Å². The second-order valence-corrected chi connectivity index (χ2v) is 14.2. The Morgan fingerprint density at radius 3 is 1.67 bits per heavy atom. The fraction of sp³-hybridized carbons (Fsp3) is 0. The number of rotatable bonds is 5. The van der Waals surface area contributed by atoms with Crippen molar-refractivity contribution in [2.75, 3.05) is 0 Å². The first-order valence-electron chi connectivity index (χ1n) is 22.9. The lowest BCUT2D eigenvalue weighted by atomic mass is 9.95. The topological polar surface area (TPSA) is 56.7 Å². The molecule has 0 atom stereocenters. The fourth-order valence-corrected chi connectivity index (χ4v) is 8.13. The molecule has 0 unspecified atom stereocenters. The van der Waals surface area contributed by atoms with Gasteiger partial charge in [0.05, 0.1) is 22.0 Å². The van der Waals surface area contributed by atoms with Crippen molar-refractivity contribution in [1.82, 2.24) is 19.5 Å². The van der Waals surface area contributed by atoms with Gasteiger partial charge in [0.15, 0.2) is 17.5 Å². The first-order valence-corrected chi connectivity index (χ1v) is 18.9. The van der Waals surface area contributed by atoms with E-state index in [0.717, 1.165) is 43.6 Å². The molecule has 0 saturated carbocycles. The van der Waals surface area contributed by atoms with Crippen LogP contribution in [0, 0.1) is 0 Å². The summed E-state index contributed by atoms with van der Waals surface area (Å²) in [5.41, 5.74) is 5.36. The molecule has 0 aliphatic rings. The zero-order valence-corrected chi connectivity index (χ0v) is 30.6. The standard InChI is InChI=1S/C53H32N4O/c1-3-14-35(15-4-1)51-54-52(36-16-5-2-6-17-36)56-53(55-51)38-27-28-43-46-32-39(57-47-21-11-9-19-41(47)42-20-10-12-22-48(42)57)31-45(50(46)58-49(43)30-38)37-26-25-34-24-23-33-13-7-8-18-40(33)44(34)29-37/h1-32H/i9D,10D,11D,12D,19D,20D,21D,22D. The minimum absolute atomic E-state index is 0.00519. The van der Waals surface area contributed by atoms with Gasteiger partial charge in [0, 0.05) is 49.5 Å². The Morgan fingerprint density at radius 1 is 0.414 bits per heavy atom. The predicted octanol–water partition coefficient (Wildman–Crippen LogP) is 13.8. The molecule has 12 rings (SSSR count). The van der Waals surface area contributed by atoms with Gasteiger partial charge in [-0.25, -0.2) is 15.0 Å². The third kappa shape index (κ3) is 5.14. The van der Waals surface area contributed by atoms with Crippen LogP contribution in [0.2, 0.25) is 0 Å². The van der Waals surface area contributed by atoms with E-state index in [0.29, 0.717) is 50.8 Å². The van der Waals surface area contributed by atoms with Crippen molar-refractivity contribution < 1.29 is 15.4 Å². The zero-order chi connectivity index (χ0) is 45.1. The molecule has 0 spiro atoms. The van der Waals surface area contributed by atoms with E-state index >= 15 is 0 Å². The molecular formula is C53H32N4O. The Morgan fingerprint density at radius 2 is 0.983 bits per heavy atom. The number of fused-ring (bicyclic) bond motifs is 9. The molecular weight excluding hydrogens is 709 g/mol. The predicted molar refractivity (Wildman–Crippen MR) is 238 cm³/mol. The monoisotopic (exact) mass is 748 g/mol. The van der Waals surface area contributed by atoms with Crippen molar-refractivity contribution in [3.05, 3.63) is 194 Å². The summed E-state index contributed by atoms with van der Waals surface area (Å²) in [5.74, 6) is 1.48. The molecule has 0 aliphatic heterocycles. The number of hydrogen-bond donors (Lipinski definition) is 0. The van der Waals surface area contributed by atoms with E-state index in [2.05, 4.69) is 36.4 Å². The Labute approximate surface area is 344 Å². The molecule has 0 bridgehead atoms. The molecule has 270 valence electrons. The fourth-order valence-electron chi connectivity index (χ4n) is 8.13. The van der Waals surface area contributed by atoms with Crippen molar-refractivity contribution >= 4 is 65.3 Å². The van der Waals surface area contributed by atoms with E-state index < -0.39 is 36.3 Å². The maximum Gasteiger partial charge on any atom is 0.164 e. The highest BCUT2D eigenvalue weighted by Gasteiger charge is 2.20. The highest BCUT2D eigenvalue weighted by atomic mass is 16.3. The van der Waals surface area contributed by atoms with Crippen LogP contribution in [0.1, 0.15) is 11.0 Å². The van der Waals surface area contributed by atoms with Crippen LogP contribution in [0.25, 0.3) is 116 Å². The van der Waals surface area contributed by atoms with E-state index in [-0.39, 0.29) is 33.9 Å². The minimum atomic E-state index is -0.500. The second kappa shape index (κ2) is 12.8. The van der Waals surface area contributed by atoms with Gasteiger partial charge in [0.2, 0.25) is 0 Å². The highest BCUT2D eigenvalue weighted by Crippen LogP contribution is 2.42. The van der Waals surface area contributed by atoms with Crippen molar-refractivity contribution in [3.8, 4) is 51.0 Å². The van der Waals surface area contributed by atoms with Gasteiger partial charge in [0.1, 0.15) is 11.2 Å². The normalized spacial score (nSPS) is 13.7. The number of furan rings is 1. The van der Waals surface area contributed by atoms with Gasteiger partial charge in [-0.3, -0.25) is 0 Å². The highest BCUT2D eigenvalue weighted by molar-refractivity contribution is 6.15. The van der Waals surface area contributed by atoms with Crippen LogP contribution in [-0.4, -0.2) is 19.5 Å². The molecule has 3 heterocycles. The summed E-state index contributed by atoms with van der Waals surface area (Å²) in [6.45, 7) is 0. The van der Waals surface area contributed by atoms with Gasteiger partial charge in [-0.05, 0) is 69.5 Å². The van der Waals surface area contributed by atoms with Gasteiger partial charge in [-0.2, -0.15) is 0 Å². The van der Waals surface area contributed by atoms with Crippen LogP contribution in [0.5, 0.6) is 0 Å². The molecule has 12 aromatic rings. The molecule has 0 fully saturated rings. The van der Waals surface area contributed by atoms with Gasteiger partial charge < -0.3 is 8.98 Å². The lowest BCUT2D eigenvalue weighted by molar-refractivity contribution is 0.670. The lowest BCUT2D eigenvalue weighted by Gasteiger charge is -2.13. The summed E-state index contributed by atoms with van der Waals surface area (Å²) in [4.78, 5) is 14.8. The van der Waals surface area contributed by atoms with Crippen molar-refractivity contribution in [3.63, 3.8) is 0 Å². The Kier molecular flexibility index (Phi) is 5.60. The van der Waals surface area contributed by atoms with Crippen molar-refractivity contribution in [1.29, 1.82) is 0 Å². The van der Waals surface area contributed by atoms with E-state index in [1.165, 1.54) is 0 Å². The van der Waals surface area contributed by atoms with Gasteiger partial charge in [0.25, 0.3) is 0 Å². The van der Waals surface area contributed by atoms with Crippen LogP contribution in [0.3, 0.4) is 0 Å². The maximum atomic E-state index is 9.23. The average Bonchev–Trinajstić information content (AvgIpc) is 3.92. The minimum Gasteiger partial charge on any atom is -0.455 e. The van der Waals surface area contributed by atoms with Gasteiger partial charge >= 0.3 is 0 Å². The molecule has 0 aliphatic carbocycles. The molecule has 5 heteroatoms. The third-order valence-electron chi connectivity index (χ3n) is 10.9. The van der Waals surface area contributed by atoms with Gasteiger partial charge in [-0.1, -0.05) is 152 Å². The summed E-state index contributed by atoms with van der Waals surface area (Å²) in [5, 5.41) is 5.61. The van der Waals surface area contributed by atoms with Crippen molar-refractivity contribution in [2.45, 2.75) is 0 Å². The molecule has 5 nitrogen and oxygen atoms in total. The van der Waals surface area contributed by atoms with Gasteiger partial charge in [-0.15, -0.1) is 0 Å². The van der Waals surface area contributed by atoms with E-state index in [1.54, 1.807) is 4.57 Å². The first-order chi connectivity index (χ1) is 32.0. The summed E-state index contributed by atoms with van der Waals surface area (Å²) in [6.07, 6.45) is 0. The zero-order valence-electron chi connectivity index (χ0n) is 38.6. The lowest BCUT2D eigenvalue weighted by Crippen LogP contribution is -2.00. The molecule has 0 N–H and O–H groups in total. The molecule has 0 radical (unpaired) electrons. The van der Waals surface area contributed by atoms with Crippen LogP contribution in [0.4, 0.5) is 0 Å². The SMILES string of the molecule is [2H]c1c([2H])c([2H])c2c(c1[2H])c1c([2H])c([2H])c([2H])c([2H])c1n2-c1cc(-c2ccc3ccc4ccccc4c3c2)c2oc3cc(-c4nc(-c5ccccc5)nc(-c5ccccc5)n4)ccc3c2c1. The Hall–Kier alpha value is -7.89. The van der Waals surface area contributed by atoms with Crippen LogP contribution < -0.4 is 0 Å². The van der Waals surface area contributed by atoms with Crippen LogP contribution in [0.15, 0.2) is 198 Å². The Balaban J connectivity index is 1.17. The maximum absolute atomic E-state index is 9.23. The van der Waals surface area contributed by atoms with Crippen LogP contribution >= 0.6 is 0 Å². The number of nitrogens with zero attached hydrogens (tertiary/aromatic N) is 4. The average molecular weight is 749 g/mol. The van der Waals surface area contributed by atoms with E-state index in [4.69, 9.17) is 27.6 Å². The number of para-hydroxylation sites is 2. The Bertz CT molecular complexity index is 3910. The smallest absolute Gasteiger partial charge is 0.164 e. The number of aromatic nitrogens is 4. The number of hydrogen-bond acceptors (Lipinski definition) is 4.